The van der Waals surface area contributed by atoms with E-state index in [1.54, 1.807) is 0 Å². The van der Waals surface area contributed by atoms with Crippen molar-refractivity contribution in [1.29, 1.82) is 0 Å². The predicted molar refractivity (Wildman–Crippen MR) is 131 cm³/mol. The molecule has 0 bridgehead atoms. The molecule has 2 saturated carbocycles. The molecule has 192 valence electrons. The third-order valence-electron chi connectivity index (χ3n) is 8.47. The van der Waals surface area contributed by atoms with E-state index >= 15 is 8.78 Å². The van der Waals surface area contributed by atoms with Crippen molar-refractivity contribution in [3.8, 4) is 11.1 Å². The highest BCUT2D eigenvalue weighted by Crippen LogP contribution is 2.49. The van der Waals surface area contributed by atoms with Crippen LogP contribution in [0, 0.1) is 29.4 Å². The molecular formula is C30H37F5. The van der Waals surface area contributed by atoms with E-state index in [1.165, 1.54) is 69.9 Å². The molecule has 0 amide bonds. The van der Waals surface area contributed by atoms with Gasteiger partial charge in [0.25, 0.3) is 0 Å². The van der Waals surface area contributed by atoms with Crippen LogP contribution in [0.5, 0.6) is 0 Å². The zero-order chi connectivity index (χ0) is 25.0. The molecule has 0 spiro atoms. The van der Waals surface area contributed by atoms with E-state index in [0.29, 0.717) is 11.5 Å². The molecule has 0 aliphatic heterocycles. The molecule has 2 aromatic rings. The Kier molecular flexibility index (Phi) is 8.54. The van der Waals surface area contributed by atoms with Crippen molar-refractivity contribution in [1.82, 2.24) is 0 Å². The van der Waals surface area contributed by atoms with E-state index in [0.717, 1.165) is 55.4 Å². The van der Waals surface area contributed by atoms with Crippen LogP contribution in [0.2, 0.25) is 0 Å². The molecule has 0 aromatic heterocycles. The first-order chi connectivity index (χ1) is 16.8. The lowest BCUT2D eigenvalue weighted by Gasteiger charge is -2.42. The van der Waals surface area contributed by atoms with Crippen LogP contribution in [-0.4, -0.2) is 0 Å². The number of unbranched alkanes of at least 4 members (excludes halogenated alkanes) is 4. The first-order valence-corrected chi connectivity index (χ1v) is 13.4. The number of rotatable bonds is 8. The number of halogens is 5. The van der Waals surface area contributed by atoms with Crippen LogP contribution in [0.1, 0.15) is 101 Å². The summed E-state index contributed by atoms with van der Waals surface area (Å²) in [6.45, 7) is 2.24. The Balaban J connectivity index is 1.37. The van der Waals surface area contributed by atoms with Gasteiger partial charge in [0.15, 0.2) is 0 Å². The molecule has 1 unspecified atom stereocenters. The smallest absolute Gasteiger partial charge is 0.206 e. The lowest BCUT2D eigenvalue weighted by Crippen LogP contribution is -2.30. The van der Waals surface area contributed by atoms with Gasteiger partial charge in [-0.1, -0.05) is 64.0 Å². The minimum Gasteiger partial charge on any atom is -0.206 e. The van der Waals surface area contributed by atoms with Crippen LogP contribution in [0.15, 0.2) is 36.4 Å². The Bertz CT molecular complexity index is 939. The summed E-state index contributed by atoms with van der Waals surface area (Å²) < 4.78 is 68.5. The normalized spacial score (nSPS) is 24.9. The largest absolute Gasteiger partial charge is 0.416 e. The average Bonchev–Trinajstić information content (AvgIpc) is 2.83. The van der Waals surface area contributed by atoms with E-state index in [4.69, 9.17) is 0 Å². The standard InChI is InChI=1S/C30H37F5/c1-2-3-4-5-6-7-20-8-9-23-17-24(11-10-22(23)16-20)25-18-27(31)29(28(32)19-25)21-12-14-26(15-13-21)30(33,34)35/h12-15,18-20,22-24H,2-11,16-17H2,1H3/t20?,22-,23-,24-/m1/s1. The van der Waals surface area contributed by atoms with Crippen LogP contribution in [0.25, 0.3) is 11.1 Å². The number of hydrogen-bond donors (Lipinski definition) is 0. The van der Waals surface area contributed by atoms with Gasteiger partial charge in [-0.15, -0.1) is 0 Å². The van der Waals surface area contributed by atoms with Gasteiger partial charge < -0.3 is 0 Å². The zero-order valence-electron chi connectivity index (χ0n) is 20.6. The second kappa shape index (κ2) is 11.4. The van der Waals surface area contributed by atoms with Gasteiger partial charge in [0.05, 0.1) is 11.1 Å². The number of benzene rings is 2. The van der Waals surface area contributed by atoms with E-state index in [-0.39, 0.29) is 17.0 Å². The molecule has 0 heterocycles. The van der Waals surface area contributed by atoms with E-state index in [9.17, 15) is 13.2 Å². The van der Waals surface area contributed by atoms with Crippen molar-refractivity contribution in [2.45, 2.75) is 96.1 Å². The van der Waals surface area contributed by atoms with Gasteiger partial charge in [-0.3, -0.25) is 0 Å². The summed E-state index contributed by atoms with van der Waals surface area (Å²) in [6.07, 6.45) is 10.4. The number of hydrogen-bond acceptors (Lipinski definition) is 0. The van der Waals surface area contributed by atoms with Gasteiger partial charge in [-0.2, -0.15) is 13.2 Å². The molecule has 0 radical (unpaired) electrons. The molecule has 2 aliphatic rings. The summed E-state index contributed by atoms with van der Waals surface area (Å²) in [5, 5.41) is 0. The van der Waals surface area contributed by atoms with Gasteiger partial charge in [0, 0.05) is 0 Å². The molecular weight excluding hydrogens is 455 g/mol. The van der Waals surface area contributed by atoms with E-state index < -0.39 is 23.4 Å². The van der Waals surface area contributed by atoms with Gasteiger partial charge in [-0.05, 0) is 91.2 Å². The lowest BCUT2D eigenvalue weighted by atomic mass is 9.63. The number of fused-ring (bicyclic) bond motifs is 1. The molecule has 2 aliphatic carbocycles. The molecule has 0 saturated heterocycles. The highest BCUT2D eigenvalue weighted by atomic mass is 19.4. The van der Waals surface area contributed by atoms with Crippen LogP contribution >= 0.6 is 0 Å². The van der Waals surface area contributed by atoms with Crippen LogP contribution in [0.4, 0.5) is 22.0 Å². The summed E-state index contributed by atoms with van der Waals surface area (Å²) in [5.41, 5.74) is -0.277. The Labute approximate surface area is 206 Å². The number of alkyl halides is 3. The van der Waals surface area contributed by atoms with Crippen molar-refractivity contribution in [3.63, 3.8) is 0 Å². The van der Waals surface area contributed by atoms with E-state index in [1.807, 2.05) is 0 Å². The van der Waals surface area contributed by atoms with Crippen molar-refractivity contribution in [2.24, 2.45) is 17.8 Å². The molecule has 4 atom stereocenters. The monoisotopic (exact) mass is 492 g/mol. The maximum atomic E-state index is 15.0. The van der Waals surface area contributed by atoms with Gasteiger partial charge in [-0.25, -0.2) is 8.78 Å². The van der Waals surface area contributed by atoms with Crippen molar-refractivity contribution >= 4 is 0 Å². The summed E-state index contributed by atoms with van der Waals surface area (Å²) in [4.78, 5) is 0. The highest BCUT2D eigenvalue weighted by Gasteiger charge is 2.36. The molecule has 2 aromatic carbocycles. The maximum absolute atomic E-state index is 15.0. The van der Waals surface area contributed by atoms with Crippen molar-refractivity contribution in [3.05, 3.63) is 59.2 Å². The summed E-state index contributed by atoms with van der Waals surface area (Å²) >= 11 is 0. The van der Waals surface area contributed by atoms with Gasteiger partial charge >= 0.3 is 6.18 Å². The van der Waals surface area contributed by atoms with E-state index in [2.05, 4.69) is 6.92 Å². The third-order valence-corrected chi connectivity index (χ3v) is 8.47. The van der Waals surface area contributed by atoms with Gasteiger partial charge in [0.2, 0.25) is 0 Å². The highest BCUT2D eigenvalue weighted by molar-refractivity contribution is 5.66. The molecule has 0 N–H and O–H groups in total. The summed E-state index contributed by atoms with van der Waals surface area (Å²) in [7, 11) is 0. The van der Waals surface area contributed by atoms with Crippen LogP contribution < -0.4 is 0 Å². The second-order valence-electron chi connectivity index (χ2n) is 10.8. The molecule has 4 rings (SSSR count). The fourth-order valence-corrected chi connectivity index (χ4v) is 6.52. The zero-order valence-corrected chi connectivity index (χ0v) is 20.6. The lowest BCUT2D eigenvalue weighted by molar-refractivity contribution is -0.137. The average molecular weight is 493 g/mol. The Morgan fingerprint density at radius 2 is 1.40 bits per heavy atom. The minimum atomic E-state index is -4.48. The fourth-order valence-electron chi connectivity index (χ4n) is 6.52. The maximum Gasteiger partial charge on any atom is 0.416 e. The van der Waals surface area contributed by atoms with Crippen LogP contribution in [0.3, 0.4) is 0 Å². The summed E-state index contributed by atoms with van der Waals surface area (Å²) in [6, 6.07) is 6.82. The SMILES string of the molecule is CCCCCCCC1CC[C@@H]2C[C@H](c3cc(F)c(-c4ccc(C(F)(F)F)cc4)c(F)c3)CC[C@@H]2C1. The van der Waals surface area contributed by atoms with Crippen molar-refractivity contribution in [2.75, 3.05) is 0 Å². The Morgan fingerprint density at radius 1 is 0.771 bits per heavy atom. The minimum absolute atomic E-state index is 0.122. The second-order valence-corrected chi connectivity index (χ2v) is 10.8. The first kappa shape index (κ1) is 26.2. The van der Waals surface area contributed by atoms with Crippen LogP contribution in [-0.2, 0) is 6.18 Å². The quantitative estimate of drug-likeness (QED) is 0.254. The first-order valence-electron chi connectivity index (χ1n) is 13.4. The van der Waals surface area contributed by atoms with Gasteiger partial charge in [0.1, 0.15) is 11.6 Å². The Morgan fingerprint density at radius 3 is 2.06 bits per heavy atom. The predicted octanol–water partition coefficient (Wildman–Crippen LogP) is 10.3. The summed E-state index contributed by atoms with van der Waals surface area (Å²) in [5.74, 6) is 0.953. The Hall–Kier alpha value is -1.91. The van der Waals surface area contributed by atoms with Crippen molar-refractivity contribution < 1.29 is 22.0 Å². The molecule has 5 heteroatoms. The molecule has 35 heavy (non-hydrogen) atoms. The fraction of sp³-hybridized carbons (Fsp3) is 0.600. The third kappa shape index (κ3) is 6.46. The molecule has 0 nitrogen and oxygen atoms in total. The topological polar surface area (TPSA) is 0 Å². The molecule has 2 fully saturated rings.